The van der Waals surface area contributed by atoms with Crippen molar-refractivity contribution in [1.82, 2.24) is 9.13 Å². The summed E-state index contributed by atoms with van der Waals surface area (Å²) in [6.45, 7) is 2.23. The molecule has 3 nitrogen and oxygen atoms in total. The van der Waals surface area contributed by atoms with Gasteiger partial charge in [0.25, 0.3) is 0 Å². The SMILES string of the molecule is CC1CC1C(Cl)c1cc2c(cc1Br)n(C)c(=O)n2C. The van der Waals surface area contributed by atoms with Gasteiger partial charge in [0.2, 0.25) is 0 Å². The van der Waals surface area contributed by atoms with Crippen LogP contribution in [0.4, 0.5) is 0 Å². The van der Waals surface area contributed by atoms with Gasteiger partial charge in [-0.1, -0.05) is 22.9 Å². The minimum absolute atomic E-state index is 0.00929. The minimum atomic E-state index is -0.00929. The number of fused-ring (bicyclic) bond motifs is 1. The summed E-state index contributed by atoms with van der Waals surface area (Å²) < 4.78 is 4.32. The number of alkyl halides is 1. The fourth-order valence-electron chi connectivity index (χ4n) is 2.74. The predicted octanol–water partition coefficient (Wildman–Crippen LogP) is 3.58. The Labute approximate surface area is 125 Å². The first kappa shape index (κ1) is 13.3. The third kappa shape index (κ3) is 1.96. The molecule has 19 heavy (non-hydrogen) atoms. The summed E-state index contributed by atoms with van der Waals surface area (Å²) >= 11 is 10.2. The lowest BCUT2D eigenvalue weighted by Crippen LogP contribution is -2.19. The molecule has 3 atom stereocenters. The van der Waals surface area contributed by atoms with Crippen LogP contribution in [-0.4, -0.2) is 9.13 Å². The van der Waals surface area contributed by atoms with Crippen molar-refractivity contribution in [2.75, 3.05) is 0 Å². The van der Waals surface area contributed by atoms with Crippen LogP contribution in [0, 0.1) is 11.8 Å². The highest BCUT2D eigenvalue weighted by atomic mass is 79.9. The zero-order chi connectivity index (χ0) is 13.9. The highest BCUT2D eigenvalue weighted by Crippen LogP contribution is 2.51. The molecule has 0 bridgehead atoms. The van der Waals surface area contributed by atoms with Gasteiger partial charge in [0.05, 0.1) is 16.4 Å². The van der Waals surface area contributed by atoms with Gasteiger partial charge in [-0.2, -0.15) is 0 Å². The number of hydrogen-bond acceptors (Lipinski definition) is 1. The van der Waals surface area contributed by atoms with E-state index in [4.69, 9.17) is 11.6 Å². The number of rotatable bonds is 2. The summed E-state index contributed by atoms with van der Waals surface area (Å²) in [7, 11) is 3.59. The molecule has 1 fully saturated rings. The quantitative estimate of drug-likeness (QED) is 0.766. The molecule has 1 heterocycles. The molecule has 0 radical (unpaired) electrons. The van der Waals surface area contributed by atoms with Gasteiger partial charge in [0.15, 0.2) is 0 Å². The molecule has 1 aliphatic rings. The van der Waals surface area contributed by atoms with E-state index in [2.05, 4.69) is 22.9 Å². The van der Waals surface area contributed by atoms with Crippen LogP contribution < -0.4 is 5.69 Å². The summed E-state index contributed by atoms with van der Waals surface area (Å²) in [5.74, 6) is 1.25. The van der Waals surface area contributed by atoms with Crippen molar-refractivity contribution in [1.29, 1.82) is 0 Å². The van der Waals surface area contributed by atoms with E-state index in [1.54, 1.807) is 23.2 Å². The molecule has 0 N–H and O–H groups in total. The molecule has 102 valence electrons. The summed E-state index contributed by atoms with van der Waals surface area (Å²) in [5, 5.41) is 0.0177. The maximum absolute atomic E-state index is 12.0. The molecule has 0 amide bonds. The first-order chi connectivity index (χ1) is 8.91. The van der Waals surface area contributed by atoms with Crippen LogP contribution in [0.3, 0.4) is 0 Å². The second-order valence-electron chi connectivity index (χ2n) is 5.54. The maximum Gasteiger partial charge on any atom is 0.328 e. The van der Waals surface area contributed by atoms with Crippen LogP contribution in [0.5, 0.6) is 0 Å². The number of aryl methyl sites for hydroxylation is 2. The Hall–Kier alpha value is -0.740. The van der Waals surface area contributed by atoms with Gasteiger partial charge in [0, 0.05) is 18.6 Å². The van der Waals surface area contributed by atoms with Crippen LogP contribution in [-0.2, 0) is 14.1 Å². The Kier molecular flexibility index (Phi) is 3.06. The Morgan fingerprint density at radius 3 is 2.37 bits per heavy atom. The van der Waals surface area contributed by atoms with Gasteiger partial charge in [-0.05, 0) is 36.0 Å². The van der Waals surface area contributed by atoms with Crippen molar-refractivity contribution in [3.05, 3.63) is 32.7 Å². The number of imidazole rings is 1. The molecule has 2 aromatic rings. The average molecular weight is 344 g/mol. The monoisotopic (exact) mass is 342 g/mol. The molecule has 1 saturated carbocycles. The molecule has 1 aromatic heterocycles. The molecule has 5 heteroatoms. The molecule has 0 spiro atoms. The van der Waals surface area contributed by atoms with Crippen molar-refractivity contribution >= 4 is 38.6 Å². The summed E-state index contributed by atoms with van der Waals surface area (Å²) in [4.78, 5) is 12.0. The highest BCUT2D eigenvalue weighted by Gasteiger charge is 2.40. The first-order valence-electron chi connectivity index (χ1n) is 6.40. The van der Waals surface area contributed by atoms with E-state index in [-0.39, 0.29) is 11.1 Å². The Balaban J connectivity index is 2.19. The standard InChI is InChI=1S/C14H16BrClN2O/c1-7-4-8(7)13(16)9-5-11-12(6-10(9)15)18(3)14(19)17(11)2/h5-8,13H,4H2,1-3H3. The number of halogens is 2. The molecule has 3 rings (SSSR count). The zero-order valence-corrected chi connectivity index (χ0v) is 13.5. The number of nitrogens with zero attached hydrogens (tertiary/aromatic N) is 2. The summed E-state index contributed by atoms with van der Waals surface area (Å²) in [6.07, 6.45) is 1.19. The van der Waals surface area contributed by atoms with Crippen molar-refractivity contribution in [3.8, 4) is 0 Å². The minimum Gasteiger partial charge on any atom is -0.295 e. The van der Waals surface area contributed by atoms with Gasteiger partial charge in [-0.15, -0.1) is 11.6 Å². The Morgan fingerprint density at radius 2 is 1.84 bits per heavy atom. The van der Waals surface area contributed by atoms with Crippen molar-refractivity contribution in [2.24, 2.45) is 25.9 Å². The van der Waals surface area contributed by atoms with Crippen LogP contribution >= 0.6 is 27.5 Å². The number of aromatic nitrogens is 2. The van der Waals surface area contributed by atoms with Gasteiger partial charge in [0.1, 0.15) is 0 Å². The number of benzene rings is 1. The Bertz CT molecular complexity index is 718. The van der Waals surface area contributed by atoms with Gasteiger partial charge < -0.3 is 0 Å². The van der Waals surface area contributed by atoms with Crippen LogP contribution in [0.25, 0.3) is 11.0 Å². The van der Waals surface area contributed by atoms with Crippen LogP contribution in [0.15, 0.2) is 21.4 Å². The second-order valence-corrected chi connectivity index (χ2v) is 6.87. The predicted molar refractivity (Wildman–Crippen MR) is 81.7 cm³/mol. The molecule has 1 aliphatic carbocycles. The third-order valence-corrected chi connectivity index (χ3v) is 5.48. The third-order valence-electron chi connectivity index (χ3n) is 4.24. The molecule has 3 unspecified atom stereocenters. The van der Waals surface area contributed by atoms with Crippen LogP contribution in [0.2, 0.25) is 0 Å². The van der Waals surface area contributed by atoms with Gasteiger partial charge in [-0.25, -0.2) is 4.79 Å². The van der Waals surface area contributed by atoms with E-state index in [0.717, 1.165) is 21.1 Å². The van der Waals surface area contributed by atoms with E-state index in [0.29, 0.717) is 11.8 Å². The lowest BCUT2D eigenvalue weighted by atomic mass is 10.1. The fourth-order valence-corrected chi connectivity index (χ4v) is 3.98. The van der Waals surface area contributed by atoms with Crippen LogP contribution in [0.1, 0.15) is 24.3 Å². The normalized spacial score (nSPS) is 23.8. The fraction of sp³-hybridized carbons (Fsp3) is 0.500. The maximum atomic E-state index is 12.0. The molecule has 0 aliphatic heterocycles. The van der Waals surface area contributed by atoms with E-state index < -0.39 is 0 Å². The largest absolute Gasteiger partial charge is 0.328 e. The van der Waals surface area contributed by atoms with Gasteiger partial charge >= 0.3 is 5.69 Å². The number of hydrogen-bond donors (Lipinski definition) is 0. The van der Waals surface area contributed by atoms with Gasteiger partial charge in [-0.3, -0.25) is 9.13 Å². The van der Waals surface area contributed by atoms with Crippen molar-refractivity contribution in [2.45, 2.75) is 18.7 Å². The molecular formula is C14H16BrClN2O. The topological polar surface area (TPSA) is 26.9 Å². The van der Waals surface area contributed by atoms with Crippen molar-refractivity contribution < 1.29 is 0 Å². The molecule has 0 saturated heterocycles. The lowest BCUT2D eigenvalue weighted by Gasteiger charge is -2.12. The average Bonchev–Trinajstić information content (AvgIpc) is 3.07. The summed E-state index contributed by atoms with van der Waals surface area (Å²) in [6, 6.07) is 4.04. The summed E-state index contributed by atoms with van der Waals surface area (Å²) in [5.41, 5.74) is 2.94. The smallest absolute Gasteiger partial charge is 0.295 e. The Morgan fingerprint density at radius 1 is 1.32 bits per heavy atom. The van der Waals surface area contributed by atoms with E-state index in [1.165, 1.54) is 6.42 Å². The molecular weight excluding hydrogens is 328 g/mol. The van der Waals surface area contributed by atoms with Crippen molar-refractivity contribution in [3.63, 3.8) is 0 Å². The zero-order valence-electron chi connectivity index (χ0n) is 11.2. The molecule has 1 aromatic carbocycles. The second kappa shape index (κ2) is 4.38. The highest BCUT2D eigenvalue weighted by molar-refractivity contribution is 9.10. The first-order valence-corrected chi connectivity index (χ1v) is 7.63. The van der Waals surface area contributed by atoms with E-state index >= 15 is 0 Å². The van der Waals surface area contributed by atoms with E-state index in [1.807, 2.05) is 12.1 Å². The van der Waals surface area contributed by atoms with E-state index in [9.17, 15) is 4.79 Å². The lowest BCUT2D eigenvalue weighted by molar-refractivity contribution is 0.720.